The van der Waals surface area contributed by atoms with E-state index in [1.54, 1.807) is 0 Å². The predicted molar refractivity (Wildman–Crippen MR) is 86.1 cm³/mol. The van der Waals surface area contributed by atoms with Gasteiger partial charge in [-0.2, -0.15) is 0 Å². The molecular weight excluding hydrogens is 302 g/mol. The Hall–Kier alpha value is -1.63. The van der Waals surface area contributed by atoms with Gasteiger partial charge in [-0.3, -0.25) is 4.79 Å². The van der Waals surface area contributed by atoms with Crippen molar-refractivity contribution in [1.82, 2.24) is 9.88 Å². The average molecular weight is 325 g/mol. The van der Waals surface area contributed by atoms with Gasteiger partial charge in [-0.1, -0.05) is 20.8 Å². The first kappa shape index (κ1) is 16.7. The van der Waals surface area contributed by atoms with Crippen LogP contribution in [0.3, 0.4) is 0 Å². The normalized spacial score (nSPS) is 19.5. The number of likely N-dealkylation sites (tertiary alicyclic amines) is 1. The first-order valence-corrected chi connectivity index (χ1v) is 8.56. The zero-order chi connectivity index (χ0) is 16.3. The van der Waals surface area contributed by atoms with Crippen molar-refractivity contribution in [3.05, 3.63) is 11.1 Å². The first-order valence-electron chi connectivity index (χ1n) is 7.68. The number of hydrogen-bond donors (Lipinski definition) is 2. The Morgan fingerprint density at radius 1 is 1.55 bits per heavy atom. The number of hydrogen-bond acceptors (Lipinski definition) is 5. The van der Waals surface area contributed by atoms with E-state index in [9.17, 15) is 14.7 Å². The van der Waals surface area contributed by atoms with E-state index in [1.807, 2.05) is 26.2 Å². The second-order valence-electron chi connectivity index (χ2n) is 5.89. The number of thiazole rings is 1. The third-order valence-corrected chi connectivity index (χ3v) is 4.77. The molecular formula is C15H23N3O3S. The summed E-state index contributed by atoms with van der Waals surface area (Å²) in [4.78, 5) is 30.0. The number of rotatable bonds is 6. The summed E-state index contributed by atoms with van der Waals surface area (Å²) >= 11 is 1.48. The van der Waals surface area contributed by atoms with Crippen LogP contribution in [-0.4, -0.2) is 45.5 Å². The lowest BCUT2D eigenvalue weighted by Gasteiger charge is -2.29. The third-order valence-electron chi connectivity index (χ3n) is 3.95. The largest absolute Gasteiger partial charge is 0.480 e. The van der Waals surface area contributed by atoms with E-state index in [0.717, 1.165) is 23.7 Å². The van der Waals surface area contributed by atoms with Gasteiger partial charge in [0, 0.05) is 11.9 Å². The highest BCUT2D eigenvalue weighted by Gasteiger charge is 2.38. The molecule has 1 aliphatic heterocycles. The summed E-state index contributed by atoms with van der Waals surface area (Å²) in [6, 6.07) is -1.14. The van der Waals surface area contributed by atoms with E-state index in [2.05, 4.69) is 10.3 Å². The van der Waals surface area contributed by atoms with Crippen LogP contribution in [0.15, 0.2) is 5.38 Å². The fourth-order valence-electron chi connectivity index (χ4n) is 2.65. The van der Waals surface area contributed by atoms with E-state index in [1.165, 1.54) is 16.2 Å². The summed E-state index contributed by atoms with van der Waals surface area (Å²) in [6.07, 6.45) is 2.12. The van der Waals surface area contributed by atoms with Gasteiger partial charge in [-0.05, 0) is 25.2 Å². The molecule has 6 nitrogen and oxygen atoms in total. The van der Waals surface area contributed by atoms with Gasteiger partial charge in [0.15, 0.2) is 5.13 Å². The fourth-order valence-corrected chi connectivity index (χ4v) is 3.48. The first-order chi connectivity index (χ1) is 10.4. The number of carbonyl (C=O) groups excluding carboxylic acids is 1. The standard InChI is InChI=1S/C15H23N3O3S/c1-4-10-8-22-15(16-10)17-12(9(2)3)13(19)18-7-5-6-11(18)14(20)21/h8-9,11-12H,4-7H2,1-3H3,(H,16,17)(H,20,21)/t11-,12-/m0/s1. The number of aryl methyl sites for hydroxylation is 1. The van der Waals surface area contributed by atoms with Gasteiger partial charge in [0.1, 0.15) is 12.1 Å². The average Bonchev–Trinajstić information content (AvgIpc) is 3.12. The SMILES string of the molecule is CCc1csc(N[C@H](C(=O)N2CCC[C@H]2C(=O)O)C(C)C)n1. The van der Waals surface area contributed by atoms with E-state index < -0.39 is 18.1 Å². The monoisotopic (exact) mass is 325 g/mol. The molecule has 0 radical (unpaired) electrons. The summed E-state index contributed by atoms with van der Waals surface area (Å²) in [5.41, 5.74) is 0.993. The van der Waals surface area contributed by atoms with E-state index in [-0.39, 0.29) is 11.8 Å². The highest BCUT2D eigenvalue weighted by molar-refractivity contribution is 7.13. The number of aliphatic carboxylic acids is 1. The lowest BCUT2D eigenvalue weighted by Crippen LogP contribution is -2.49. The number of anilines is 1. The van der Waals surface area contributed by atoms with E-state index >= 15 is 0 Å². The second kappa shape index (κ2) is 7.09. The van der Waals surface area contributed by atoms with Crippen LogP contribution in [0.4, 0.5) is 5.13 Å². The highest BCUT2D eigenvalue weighted by atomic mass is 32.1. The van der Waals surface area contributed by atoms with Crippen LogP contribution in [-0.2, 0) is 16.0 Å². The maximum Gasteiger partial charge on any atom is 0.326 e. The summed E-state index contributed by atoms with van der Waals surface area (Å²) in [5, 5.41) is 15.1. The number of nitrogens with zero attached hydrogens (tertiary/aromatic N) is 2. The van der Waals surface area contributed by atoms with Crippen molar-refractivity contribution < 1.29 is 14.7 Å². The van der Waals surface area contributed by atoms with Gasteiger partial charge < -0.3 is 15.3 Å². The van der Waals surface area contributed by atoms with Gasteiger partial charge in [-0.25, -0.2) is 9.78 Å². The second-order valence-corrected chi connectivity index (χ2v) is 6.75. The van der Waals surface area contributed by atoms with Gasteiger partial charge in [0.25, 0.3) is 0 Å². The van der Waals surface area contributed by atoms with Crippen LogP contribution < -0.4 is 5.32 Å². The smallest absolute Gasteiger partial charge is 0.326 e. The Balaban J connectivity index is 2.13. The third kappa shape index (κ3) is 3.58. The van der Waals surface area contributed by atoms with Crippen molar-refractivity contribution in [2.45, 2.75) is 52.1 Å². The van der Waals surface area contributed by atoms with Crippen LogP contribution in [0, 0.1) is 5.92 Å². The molecule has 22 heavy (non-hydrogen) atoms. The number of carboxylic acids is 1. The topological polar surface area (TPSA) is 82.5 Å². The van der Waals surface area contributed by atoms with Crippen LogP contribution in [0.25, 0.3) is 0 Å². The molecule has 0 bridgehead atoms. The minimum absolute atomic E-state index is 0.0523. The Bertz CT molecular complexity index is 544. The lowest BCUT2D eigenvalue weighted by molar-refractivity contribution is -0.148. The van der Waals surface area contributed by atoms with Crippen molar-refractivity contribution in [2.75, 3.05) is 11.9 Å². The molecule has 0 saturated carbocycles. The van der Waals surface area contributed by atoms with Crippen molar-refractivity contribution >= 4 is 28.3 Å². The van der Waals surface area contributed by atoms with Crippen LogP contribution in [0.5, 0.6) is 0 Å². The number of aromatic nitrogens is 1. The number of carboxylic acid groups (broad SMARTS) is 1. The minimum Gasteiger partial charge on any atom is -0.480 e. The number of carbonyl (C=O) groups is 2. The molecule has 1 saturated heterocycles. The lowest BCUT2D eigenvalue weighted by atomic mass is 10.0. The molecule has 0 aromatic carbocycles. The maximum absolute atomic E-state index is 12.8. The van der Waals surface area contributed by atoms with E-state index in [4.69, 9.17) is 0 Å². The minimum atomic E-state index is -0.920. The quantitative estimate of drug-likeness (QED) is 0.838. The molecule has 2 heterocycles. The molecule has 1 amide bonds. The molecule has 2 rings (SSSR count). The van der Waals surface area contributed by atoms with Crippen molar-refractivity contribution in [1.29, 1.82) is 0 Å². The summed E-state index contributed by atoms with van der Waals surface area (Å²) < 4.78 is 0. The van der Waals surface area contributed by atoms with Crippen molar-refractivity contribution in [3.63, 3.8) is 0 Å². The fraction of sp³-hybridized carbons (Fsp3) is 0.667. The highest BCUT2D eigenvalue weighted by Crippen LogP contribution is 2.24. The van der Waals surface area contributed by atoms with Crippen LogP contribution in [0.1, 0.15) is 39.3 Å². The molecule has 1 aliphatic rings. The van der Waals surface area contributed by atoms with Gasteiger partial charge in [0.2, 0.25) is 5.91 Å². The Kier molecular flexibility index (Phi) is 5.39. The summed E-state index contributed by atoms with van der Waals surface area (Å²) in [5.74, 6) is -1.01. The van der Waals surface area contributed by atoms with Crippen LogP contribution in [0.2, 0.25) is 0 Å². The van der Waals surface area contributed by atoms with Gasteiger partial charge in [-0.15, -0.1) is 11.3 Å². The Morgan fingerprint density at radius 3 is 2.82 bits per heavy atom. The Morgan fingerprint density at radius 2 is 2.27 bits per heavy atom. The number of nitrogens with one attached hydrogen (secondary N) is 1. The molecule has 7 heteroatoms. The van der Waals surface area contributed by atoms with Crippen LogP contribution >= 0.6 is 11.3 Å². The molecule has 0 unspecified atom stereocenters. The van der Waals surface area contributed by atoms with Crippen molar-refractivity contribution in [3.8, 4) is 0 Å². The molecule has 2 N–H and O–H groups in total. The molecule has 0 spiro atoms. The van der Waals surface area contributed by atoms with Crippen molar-refractivity contribution in [2.24, 2.45) is 5.92 Å². The molecule has 1 aromatic heterocycles. The maximum atomic E-state index is 12.8. The molecule has 2 atom stereocenters. The van der Waals surface area contributed by atoms with E-state index in [0.29, 0.717) is 13.0 Å². The summed E-state index contributed by atoms with van der Waals surface area (Å²) in [7, 11) is 0. The Labute approximate surface area is 134 Å². The molecule has 0 aliphatic carbocycles. The molecule has 122 valence electrons. The molecule has 1 fully saturated rings. The zero-order valence-electron chi connectivity index (χ0n) is 13.2. The predicted octanol–water partition coefficient (Wildman–Crippen LogP) is 2.22. The van der Waals surface area contributed by atoms with Gasteiger partial charge in [0.05, 0.1) is 5.69 Å². The zero-order valence-corrected chi connectivity index (χ0v) is 14.0. The molecule has 1 aromatic rings. The summed E-state index contributed by atoms with van der Waals surface area (Å²) in [6.45, 7) is 6.45. The van der Waals surface area contributed by atoms with Gasteiger partial charge >= 0.3 is 5.97 Å². The number of amides is 1.